The molecule has 0 saturated carbocycles. The number of hydrogen-bond donors (Lipinski definition) is 0. The second kappa shape index (κ2) is 6.17. The molecule has 0 spiro atoms. The van der Waals surface area contributed by atoms with Crippen LogP contribution in [0.4, 0.5) is 5.82 Å². The van der Waals surface area contributed by atoms with E-state index < -0.39 is 0 Å². The van der Waals surface area contributed by atoms with Crippen molar-refractivity contribution in [3.8, 4) is 0 Å². The molecule has 1 atom stereocenters. The summed E-state index contributed by atoms with van der Waals surface area (Å²) < 4.78 is 5.70. The van der Waals surface area contributed by atoms with E-state index in [-0.39, 0.29) is 0 Å². The van der Waals surface area contributed by atoms with Gasteiger partial charge in [-0.25, -0.2) is 9.97 Å². The zero-order valence-electron chi connectivity index (χ0n) is 10.1. The summed E-state index contributed by atoms with van der Waals surface area (Å²) in [6.45, 7) is 1.84. The van der Waals surface area contributed by atoms with Crippen molar-refractivity contribution in [1.29, 1.82) is 0 Å². The molecule has 1 aliphatic rings. The third-order valence-corrected chi connectivity index (χ3v) is 3.25. The van der Waals surface area contributed by atoms with Gasteiger partial charge in [-0.1, -0.05) is 0 Å². The second-order valence-electron chi connectivity index (χ2n) is 4.38. The van der Waals surface area contributed by atoms with Gasteiger partial charge in [0.05, 0.1) is 6.10 Å². The first-order chi connectivity index (χ1) is 8.25. The molecule has 1 aliphatic heterocycles. The van der Waals surface area contributed by atoms with Crippen molar-refractivity contribution in [2.75, 3.05) is 25.1 Å². The van der Waals surface area contributed by atoms with Crippen LogP contribution in [0.25, 0.3) is 0 Å². The van der Waals surface area contributed by atoms with Crippen LogP contribution in [0.5, 0.6) is 0 Å². The van der Waals surface area contributed by atoms with Gasteiger partial charge in [-0.3, -0.25) is 0 Å². The molecule has 94 valence electrons. The lowest BCUT2D eigenvalue weighted by atomic mass is 10.1. The number of halogens is 1. The third kappa shape index (κ3) is 3.82. The van der Waals surface area contributed by atoms with E-state index in [2.05, 4.69) is 14.9 Å². The van der Waals surface area contributed by atoms with Crippen LogP contribution in [-0.4, -0.2) is 36.3 Å². The predicted octanol–water partition coefficient (Wildman–Crippen LogP) is 2.53. The second-order valence-corrected chi connectivity index (χ2v) is 4.72. The molecule has 17 heavy (non-hydrogen) atoms. The standard InChI is InChI=1S/C12H18ClN3O/c1-16(11-5-7-14-12(13)15-11)8-6-10-4-2-3-9-17-10/h5,7,10H,2-4,6,8-9H2,1H3/t10-/m0/s1. The van der Waals surface area contributed by atoms with Crippen molar-refractivity contribution in [3.05, 3.63) is 17.5 Å². The fraction of sp³-hybridized carbons (Fsp3) is 0.667. The van der Waals surface area contributed by atoms with Crippen LogP contribution < -0.4 is 4.90 Å². The molecule has 0 amide bonds. The van der Waals surface area contributed by atoms with Crippen molar-refractivity contribution in [3.63, 3.8) is 0 Å². The molecule has 0 bridgehead atoms. The summed E-state index contributed by atoms with van der Waals surface area (Å²) in [5.74, 6) is 0.862. The van der Waals surface area contributed by atoms with Crippen LogP contribution >= 0.6 is 11.6 Å². The first-order valence-corrected chi connectivity index (χ1v) is 6.45. The quantitative estimate of drug-likeness (QED) is 0.775. The van der Waals surface area contributed by atoms with Crippen LogP contribution in [0.15, 0.2) is 12.3 Å². The minimum Gasteiger partial charge on any atom is -0.378 e. The van der Waals surface area contributed by atoms with E-state index in [1.54, 1.807) is 6.20 Å². The SMILES string of the molecule is CN(CC[C@@H]1CCCCO1)c1ccnc(Cl)n1. The van der Waals surface area contributed by atoms with Crippen LogP contribution in [0.3, 0.4) is 0 Å². The van der Waals surface area contributed by atoms with Gasteiger partial charge >= 0.3 is 0 Å². The lowest BCUT2D eigenvalue weighted by molar-refractivity contribution is 0.0126. The van der Waals surface area contributed by atoms with Crippen LogP contribution in [0, 0.1) is 0 Å². The van der Waals surface area contributed by atoms with E-state index in [9.17, 15) is 0 Å². The highest BCUT2D eigenvalue weighted by Crippen LogP contribution is 2.17. The van der Waals surface area contributed by atoms with Gasteiger partial charge in [-0.15, -0.1) is 0 Å². The summed E-state index contributed by atoms with van der Waals surface area (Å²) in [4.78, 5) is 10.1. The van der Waals surface area contributed by atoms with E-state index in [0.29, 0.717) is 11.4 Å². The highest BCUT2D eigenvalue weighted by atomic mass is 35.5. The van der Waals surface area contributed by atoms with Crippen molar-refractivity contribution in [2.45, 2.75) is 31.8 Å². The maximum Gasteiger partial charge on any atom is 0.224 e. The van der Waals surface area contributed by atoms with Crippen LogP contribution in [0.2, 0.25) is 5.28 Å². The van der Waals surface area contributed by atoms with Gasteiger partial charge in [0.2, 0.25) is 5.28 Å². The Morgan fingerprint density at radius 2 is 2.41 bits per heavy atom. The van der Waals surface area contributed by atoms with E-state index in [0.717, 1.165) is 25.4 Å². The minimum absolute atomic E-state index is 0.295. The van der Waals surface area contributed by atoms with Crippen molar-refractivity contribution in [2.24, 2.45) is 0 Å². The number of rotatable bonds is 4. The summed E-state index contributed by atoms with van der Waals surface area (Å²) >= 11 is 5.76. The van der Waals surface area contributed by atoms with Crippen molar-refractivity contribution < 1.29 is 4.74 Å². The Hall–Kier alpha value is -0.870. The van der Waals surface area contributed by atoms with E-state index in [1.807, 2.05) is 13.1 Å². The Kier molecular flexibility index (Phi) is 4.57. The summed E-state index contributed by atoms with van der Waals surface area (Å²) in [5, 5.41) is 0.295. The number of ether oxygens (including phenoxy) is 1. The predicted molar refractivity (Wildman–Crippen MR) is 68.5 cm³/mol. The molecule has 2 rings (SSSR count). The van der Waals surface area contributed by atoms with Gasteiger partial charge in [0.15, 0.2) is 0 Å². The normalized spacial score (nSPS) is 20.2. The molecule has 0 unspecified atom stereocenters. The average Bonchev–Trinajstić information content (AvgIpc) is 2.37. The van der Waals surface area contributed by atoms with E-state index in [4.69, 9.17) is 16.3 Å². The Morgan fingerprint density at radius 1 is 1.53 bits per heavy atom. The van der Waals surface area contributed by atoms with E-state index in [1.165, 1.54) is 19.3 Å². The zero-order chi connectivity index (χ0) is 12.1. The first-order valence-electron chi connectivity index (χ1n) is 6.07. The molecule has 5 heteroatoms. The number of hydrogen-bond acceptors (Lipinski definition) is 4. The molecular weight excluding hydrogens is 238 g/mol. The van der Waals surface area contributed by atoms with E-state index >= 15 is 0 Å². The molecule has 1 aromatic rings. The highest BCUT2D eigenvalue weighted by molar-refractivity contribution is 6.28. The molecular formula is C12H18ClN3O. The van der Waals surface area contributed by atoms with Gasteiger partial charge in [0.1, 0.15) is 5.82 Å². The largest absolute Gasteiger partial charge is 0.378 e. The lowest BCUT2D eigenvalue weighted by Crippen LogP contribution is -2.27. The molecule has 0 aliphatic carbocycles. The van der Waals surface area contributed by atoms with Gasteiger partial charge in [-0.2, -0.15) is 0 Å². The molecule has 1 saturated heterocycles. The van der Waals surface area contributed by atoms with Gasteiger partial charge in [-0.05, 0) is 43.4 Å². The molecule has 0 radical (unpaired) electrons. The summed E-state index contributed by atoms with van der Waals surface area (Å²) in [6.07, 6.45) is 6.79. The minimum atomic E-state index is 0.295. The number of aromatic nitrogens is 2. The molecule has 0 aromatic carbocycles. The van der Waals surface area contributed by atoms with Crippen molar-refractivity contribution >= 4 is 17.4 Å². The Morgan fingerprint density at radius 3 is 3.12 bits per heavy atom. The Bertz CT molecular complexity index is 355. The fourth-order valence-electron chi connectivity index (χ4n) is 2.03. The fourth-order valence-corrected chi connectivity index (χ4v) is 2.17. The smallest absolute Gasteiger partial charge is 0.224 e. The van der Waals surface area contributed by atoms with Gasteiger partial charge in [0.25, 0.3) is 0 Å². The first kappa shape index (κ1) is 12.6. The van der Waals surface area contributed by atoms with Gasteiger partial charge < -0.3 is 9.64 Å². The Labute approximate surface area is 107 Å². The summed E-state index contributed by atoms with van der Waals surface area (Å²) in [6, 6.07) is 1.87. The Balaban J connectivity index is 1.82. The maximum absolute atomic E-state index is 5.76. The highest BCUT2D eigenvalue weighted by Gasteiger charge is 2.14. The molecule has 4 nitrogen and oxygen atoms in total. The van der Waals surface area contributed by atoms with Gasteiger partial charge in [0, 0.05) is 26.4 Å². The average molecular weight is 256 g/mol. The molecule has 2 heterocycles. The summed E-state index contributed by atoms with van der Waals surface area (Å²) in [7, 11) is 2.02. The third-order valence-electron chi connectivity index (χ3n) is 3.06. The number of nitrogens with zero attached hydrogens (tertiary/aromatic N) is 3. The topological polar surface area (TPSA) is 38.2 Å². The van der Waals surface area contributed by atoms with Crippen molar-refractivity contribution in [1.82, 2.24) is 9.97 Å². The monoisotopic (exact) mass is 255 g/mol. The molecule has 1 aromatic heterocycles. The maximum atomic E-state index is 5.76. The molecule has 0 N–H and O–H groups in total. The lowest BCUT2D eigenvalue weighted by Gasteiger charge is -2.25. The van der Waals surface area contributed by atoms with Crippen LogP contribution in [0.1, 0.15) is 25.7 Å². The zero-order valence-corrected chi connectivity index (χ0v) is 10.9. The van der Waals surface area contributed by atoms with Crippen LogP contribution in [-0.2, 0) is 4.74 Å². The summed E-state index contributed by atoms with van der Waals surface area (Å²) in [5.41, 5.74) is 0. The number of anilines is 1. The molecule has 1 fully saturated rings.